The van der Waals surface area contributed by atoms with E-state index in [4.69, 9.17) is 4.74 Å². The molecule has 3 aliphatic heterocycles. The first-order valence-electron chi connectivity index (χ1n) is 4.21. The number of fused-ring (bicyclic) bond motifs is 5. The molecule has 0 saturated carbocycles. The molecule has 0 aliphatic carbocycles. The summed E-state index contributed by atoms with van der Waals surface area (Å²) in [6.07, 6.45) is 3.29. The summed E-state index contributed by atoms with van der Waals surface area (Å²) in [5.41, 5.74) is 4.67. The van der Waals surface area contributed by atoms with Gasteiger partial charge in [-0.3, -0.25) is 20.4 Å². The molecule has 13 heavy (non-hydrogen) atoms. The van der Waals surface area contributed by atoms with Crippen molar-refractivity contribution in [1.82, 2.24) is 10.9 Å². The Balaban J connectivity index is 2.03. The topological polar surface area (TPSA) is 67.4 Å². The van der Waals surface area contributed by atoms with E-state index in [1.807, 2.05) is 12.2 Å². The van der Waals surface area contributed by atoms with Crippen LogP contribution in [0.4, 0.5) is 0 Å². The van der Waals surface area contributed by atoms with Crippen LogP contribution in [0.1, 0.15) is 0 Å². The molecule has 0 spiro atoms. The van der Waals surface area contributed by atoms with Crippen molar-refractivity contribution in [3.8, 4) is 0 Å². The lowest BCUT2D eigenvalue weighted by Gasteiger charge is -2.28. The predicted octanol–water partition coefficient (Wildman–Crippen LogP) is -1.28. The zero-order valence-electron chi connectivity index (χ0n) is 6.69. The van der Waals surface area contributed by atoms with Gasteiger partial charge in [-0.05, 0) is 0 Å². The monoisotopic (exact) mass is 180 g/mol. The van der Waals surface area contributed by atoms with Crippen molar-refractivity contribution >= 4 is 11.8 Å². The Kier molecular flexibility index (Phi) is 1.15. The van der Waals surface area contributed by atoms with Gasteiger partial charge in [-0.2, -0.15) is 0 Å². The van der Waals surface area contributed by atoms with Crippen LogP contribution in [-0.2, 0) is 14.3 Å². The maximum absolute atomic E-state index is 11.4. The number of ether oxygens (including phenoxy) is 1. The molecule has 0 unspecified atom stereocenters. The minimum Gasteiger partial charge on any atom is -0.365 e. The molecule has 68 valence electrons. The molecule has 2 amide bonds. The average Bonchev–Trinajstić information content (AvgIpc) is 2.70. The molecule has 2 saturated heterocycles. The van der Waals surface area contributed by atoms with E-state index in [0.717, 1.165) is 0 Å². The van der Waals surface area contributed by atoms with Crippen molar-refractivity contribution in [3.63, 3.8) is 0 Å². The minimum absolute atomic E-state index is 0.151. The number of rotatable bonds is 0. The summed E-state index contributed by atoms with van der Waals surface area (Å²) >= 11 is 0. The van der Waals surface area contributed by atoms with E-state index in [-0.39, 0.29) is 35.9 Å². The van der Waals surface area contributed by atoms with Crippen molar-refractivity contribution in [3.05, 3.63) is 12.2 Å². The summed E-state index contributed by atoms with van der Waals surface area (Å²) < 4.78 is 5.43. The van der Waals surface area contributed by atoms with Crippen LogP contribution < -0.4 is 10.9 Å². The Morgan fingerprint density at radius 1 is 1.00 bits per heavy atom. The fraction of sp³-hybridized carbons (Fsp3) is 0.500. The number of carbonyl (C=O) groups is 2. The lowest BCUT2D eigenvalue weighted by Crippen LogP contribution is -2.58. The number of hydrogen-bond acceptors (Lipinski definition) is 3. The van der Waals surface area contributed by atoms with Gasteiger partial charge in [0, 0.05) is 0 Å². The molecule has 0 aromatic carbocycles. The second-order valence-corrected chi connectivity index (χ2v) is 3.48. The zero-order chi connectivity index (χ0) is 9.00. The van der Waals surface area contributed by atoms with Crippen molar-refractivity contribution < 1.29 is 14.3 Å². The third-order valence-electron chi connectivity index (χ3n) is 2.81. The molecule has 3 aliphatic rings. The molecule has 0 radical (unpaired) electrons. The molecule has 5 heteroatoms. The summed E-state index contributed by atoms with van der Waals surface area (Å²) in [7, 11) is 0. The minimum atomic E-state index is -0.330. The summed E-state index contributed by atoms with van der Waals surface area (Å²) in [5.74, 6) is -0.963. The first kappa shape index (κ1) is 7.08. The highest BCUT2D eigenvalue weighted by molar-refractivity contribution is 5.94. The SMILES string of the molecule is O=C1NNC(=O)[C@H]2[C@@H]1[C@H]1C=C[C@H]2O1. The van der Waals surface area contributed by atoms with Crippen molar-refractivity contribution in [2.75, 3.05) is 0 Å². The normalized spacial score (nSPS) is 45.8. The molecule has 2 fully saturated rings. The van der Waals surface area contributed by atoms with E-state index in [9.17, 15) is 9.59 Å². The van der Waals surface area contributed by atoms with E-state index < -0.39 is 0 Å². The van der Waals surface area contributed by atoms with Crippen molar-refractivity contribution in [2.24, 2.45) is 11.8 Å². The third-order valence-corrected chi connectivity index (χ3v) is 2.81. The number of hydrogen-bond donors (Lipinski definition) is 2. The lowest BCUT2D eigenvalue weighted by atomic mass is 9.81. The molecule has 0 aromatic rings. The van der Waals surface area contributed by atoms with E-state index >= 15 is 0 Å². The largest absolute Gasteiger partial charge is 0.365 e. The number of hydrazine groups is 1. The van der Waals surface area contributed by atoms with Gasteiger partial charge < -0.3 is 4.74 Å². The van der Waals surface area contributed by atoms with Crippen LogP contribution in [0.15, 0.2) is 12.2 Å². The molecule has 3 heterocycles. The van der Waals surface area contributed by atoms with Crippen LogP contribution in [0, 0.1) is 11.8 Å². The standard InChI is InChI=1S/C8H8N2O3/c11-7-5-3-1-2-4(13-3)6(5)8(12)10-9-7/h1-6H,(H,9,11)(H,10,12)/t3-,4-,5-,6+/m1/s1. The molecule has 3 rings (SSSR count). The number of nitrogens with one attached hydrogen (secondary N) is 2. The van der Waals surface area contributed by atoms with Crippen LogP contribution in [0.2, 0.25) is 0 Å². The van der Waals surface area contributed by atoms with Gasteiger partial charge in [-0.15, -0.1) is 0 Å². The third kappa shape index (κ3) is 0.746. The van der Waals surface area contributed by atoms with Gasteiger partial charge in [0.25, 0.3) is 0 Å². The van der Waals surface area contributed by atoms with E-state index in [1.54, 1.807) is 0 Å². The predicted molar refractivity (Wildman–Crippen MR) is 41.1 cm³/mol. The fourth-order valence-electron chi connectivity index (χ4n) is 2.22. The molecular formula is C8H8N2O3. The van der Waals surface area contributed by atoms with Crippen molar-refractivity contribution in [2.45, 2.75) is 12.2 Å². The molecule has 5 nitrogen and oxygen atoms in total. The Hall–Kier alpha value is -1.36. The fourth-order valence-corrected chi connectivity index (χ4v) is 2.22. The maximum Gasteiger partial charge on any atom is 0.245 e. The molecule has 0 aromatic heterocycles. The average molecular weight is 180 g/mol. The smallest absolute Gasteiger partial charge is 0.245 e. The first-order chi connectivity index (χ1) is 6.27. The van der Waals surface area contributed by atoms with Gasteiger partial charge in [0.2, 0.25) is 11.8 Å². The van der Waals surface area contributed by atoms with Crippen LogP contribution in [0.3, 0.4) is 0 Å². The highest BCUT2D eigenvalue weighted by atomic mass is 16.5. The summed E-state index contributed by atoms with van der Waals surface area (Å²) in [6.45, 7) is 0. The van der Waals surface area contributed by atoms with Gasteiger partial charge in [-0.25, -0.2) is 0 Å². The van der Waals surface area contributed by atoms with Gasteiger partial charge in [0.15, 0.2) is 0 Å². The molecule has 4 atom stereocenters. The second-order valence-electron chi connectivity index (χ2n) is 3.48. The van der Waals surface area contributed by atoms with Gasteiger partial charge in [-0.1, -0.05) is 12.2 Å². The van der Waals surface area contributed by atoms with Crippen LogP contribution in [0.25, 0.3) is 0 Å². The second kappa shape index (κ2) is 2.11. The quantitative estimate of drug-likeness (QED) is 0.456. The summed E-state index contributed by atoms with van der Waals surface area (Å²) in [4.78, 5) is 22.7. The highest BCUT2D eigenvalue weighted by Gasteiger charge is 2.54. The Morgan fingerprint density at radius 2 is 1.46 bits per heavy atom. The summed E-state index contributed by atoms with van der Waals surface area (Å²) in [6, 6.07) is 0. The maximum atomic E-state index is 11.4. The summed E-state index contributed by atoms with van der Waals surface area (Å²) in [5, 5.41) is 0. The molecule has 2 N–H and O–H groups in total. The molecular weight excluding hydrogens is 172 g/mol. The van der Waals surface area contributed by atoms with Crippen molar-refractivity contribution in [1.29, 1.82) is 0 Å². The first-order valence-corrected chi connectivity index (χ1v) is 4.21. The Labute approximate surface area is 74.1 Å². The number of carbonyl (C=O) groups excluding carboxylic acids is 2. The van der Waals surface area contributed by atoms with E-state index in [2.05, 4.69) is 10.9 Å². The Morgan fingerprint density at radius 3 is 1.92 bits per heavy atom. The van der Waals surface area contributed by atoms with Gasteiger partial charge in [0.05, 0.1) is 24.0 Å². The van der Waals surface area contributed by atoms with E-state index in [0.29, 0.717) is 0 Å². The van der Waals surface area contributed by atoms with Gasteiger partial charge in [0.1, 0.15) is 0 Å². The van der Waals surface area contributed by atoms with Gasteiger partial charge >= 0.3 is 0 Å². The number of amides is 2. The van der Waals surface area contributed by atoms with Crippen LogP contribution in [0.5, 0.6) is 0 Å². The van der Waals surface area contributed by atoms with Crippen LogP contribution >= 0.6 is 0 Å². The zero-order valence-corrected chi connectivity index (χ0v) is 6.69. The highest BCUT2D eigenvalue weighted by Crippen LogP contribution is 2.40. The molecule has 2 bridgehead atoms. The van der Waals surface area contributed by atoms with Crippen LogP contribution in [-0.4, -0.2) is 24.0 Å². The Bertz CT molecular complexity index is 295. The lowest BCUT2D eigenvalue weighted by molar-refractivity contribution is -0.142. The van der Waals surface area contributed by atoms with E-state index in [1.165, 1.54) is 0 Å².